The zero-order valence-electron chi connectivity index (χ0n) is 14.3. The number of ether oxygens (including phenoxy) is 1. The highest BCUT2D eigenvalue weighted by Crippen LogP contribution is 2.34. The Morgan fingerprint density at radius 2 is 2.00 bits per heavy atom. The number of carbonyl (C=O) groups is 1. The highest BCUT2D eigenvalue weighted by Gasteiger charge is 2.23. The van der Waals surface area contributed by atoms with Gasteiger partial charge in [-0.2, -0.15) is 0 Å². The molecule has 0 aliphatic rings. The van der Waals surface area contributed by atoms with Gasteiger partial charge < -0.3 is 9.15 Å². The third kappa shape index (κ3) is 3.38. The normalized spacial score (nSPS) is 10.7. The second-order valence-electron chi connectivity index (χ2n) is 5.50. The van der Waals surface area contributed by atoms with Crippen LogP contribution in [-0.2, 0) is 4.74 Å². The van der Waals surface area contributed by atoms with E-state index in [1.54, 1.807) is 30.1 Å². The van der Waals surface area contributed by atoms with Crippen molar-refractivity contribution in [2.45, 2.75) is 6.92 Å². The minimum Gasteiger partial charge on any atom is -0.464 e. The van der Waals surface area contributed by atoms with Crippen molar-refractivity contribution in [1.82, 2.24) is 9.97 Å². The molecular weight excluding hydrogens is 377 g/mol. The van der Waals surface area contributed by atoms with Crippen molar-refractivity contribution in [3.63, 3.8) is 0 Å². The molecule has 0 fully saturated rings. The Bertz CT molecular complexity index is 959. The van der Waals surface area contributed by atoms with Crippen LogP contribution in [0.5, 0.6) is 0 Å². The molecule has 0 amide bonds. The van der Waals surface area contributed by atoms with Crippen LogP contribution >= 0.6 is 23.2 Å². The molecule has 3 aromatic rings. The predicted molar refractivity (Wildman–Crippen MR) is 100 cm³/mol. The van der Waals surface area contributed by atoms with Gasteiger partial charge in [0.2, 0.25) is 5.88 Å². The van der Waals surface area contributed by atoms with E-state index in [9.17, 15) is 4.79 Å². The molecular formula is C18H15Cl2N3O3. The zero-order chi connectivity index (χ0) is 18.8. The van der Waals surface area contributed by atoms with E-state index in [0.717, 1.165) is 5.56 Å². The highest BCUT2D eigenvalue weighted by molar-refractivity contribution is 6.35. The number of hydrogen-bond donors (Lipinski definition) is 0. The van der Waals surface area contributed by atoms with Gasteiger partial charge in [-0.1, -0.05) is 35.3 Å². The Morgan fingerprint density at radius 1 is 1.23 bits per heavy atom. The highest BCUT2D eigenvalue weighted by atomic mass is 35.5. The average Bonchev–Trinajstić information content (AvgIpc) is 3.17. The number of methoxy groups -OCH3 is 1. The minimum atomic E-state index is -0.661. The summed E-state index contributed by atoms with van der Waals surface area (Å²) in [5.41, 5.74) is 1.53. The van der Waals surface area contributed by atoms with Crippen molar-refractivity contribution in [2.24, 2.45) is 0 Å². The summed E-state index contributed by atoms with van der Waals surface area (Å²) >= 11 is 12.6. The van der Waals surface area contributed by atoms with Crippen molar-refractivity contribution in [2.75, 3.05) is 19.1 Å². The number of aromatic nitrogens is 2. The van der Waals surface area contributed by atoms with Crippen molar-refractivity contribution >= 4 is 40.9 Å². The van der Waals surface area contributed by atoms with Gasteiger partial charge in [0.25, 0.3) is 0 Å². The van der Waals surface area contributed by atoms with Crippen LogP contribution in [0.2, 0.25) is 10.0 Å². The molecule has 0 saturated carbocycles. The van der Waals surface area contributed by atoms with Crippen LogP contribution in [0.3, 0.4) is 0 Å². The topological polar surface area (TPSA) is 68.5 Å². The smallest absolute Gasteiger partial charge is 0.358 e. The number of hydrogen-bond acceptors (Lipinski definition) is 6. The van der Waals surface area contributed by atoms with Gasteiger partial charge in [0, 0.05) is 23.7 Å². The summed E-state index contributed by atoms with van der Waals surface area (Å²) in [5.74, 6) is 0.453. The first-order valence-electron chi connectivity index (χ1n) is 7.62. The Labute approximate surface area is 160 Å². The van der Waals surface area contributed by atoms with Gasteiger partial charge >= 0.3 is 5.97 Å². The molecule has 0 unspecified atom stereocenters. The third-order valence-electron chi connectivity index (χ3n) is 3.80. The Morgan fingerprint density at radius 3 is 2.62 bits per heavy atom. The first-order chi connectivity index (χ1) is 12.4. The molecule has 134 valence electrons. The van der Waals surface area contributed by atoms with Crippen LogP contribution in [-0.4, -0.2) is 30.1 Å². The van der Waals surface area contributed by atoms with Crippen molar-refractivity contribution < 1.29 is 13.9 Å². The van der Waals surface area contributed by atoms with Crippen molar-refractivity contribution in [3.8, 4) is 11.4 Å². The molecule has 26 heavy (non-hydrogen) atoms. The molecule has 1 aromatic carbocycles. The summed E-state index contributed by atoms with van der Waals surface area (Å²) in [4.78, 5) is 22.5. The lowest BCUT2D eigenvalue weighted by Gasteiger charge is -2.18. The van der Waals surface area contributed by atoms with Crippen molar-refractivity contribution in [3.05, 3.63) is 57.9 Å². The van der Waals surface area contributed by atoms with Gasteiger partial charge in [-0.3, -0.25) is 4.90 Å². The van der Waals surface area contributed by atoms with E-state index >= 15 is 0 Å². The van der Waals surface area contributed by atoms with E-state index in [2.05, 4.69) is 9.97 Å². The van der Waals surface area contributed by atoms with Crippen LogP contribution < -0.4 is 4.90 Å². The number of carbonyl (C=O) groups excluding carboxylic acids is 1. The molecule has 2 heterocycles. The molecule has 0 atom stereocenters. The predicted octanol–water partition coefficient (Wildman–Crippen LogP) is 4.91. The molecule has 3 rings (SSSR count). The van der Waals surface area contributed by atoms with Gasteiger partial charge in [-0.15, -0.1) is 0 Å². The molecule has 0 N–H and O–H groups in total. The molecule has 6 nitrogen and oxygen atoms in total. The van der Waals surface area contributed by atoms with Crippen LogP contribution in [0, 0.1) is 6.92 Å². The first kappa shape index (κ1) is 18.2. The number of aryl methyl sites for hydroxylation is 1. The molecule has 0 saturated heterocycles. The molecule has 0 spiro atoms. The number of rotatable bonds is 4. The number of halogens is 2. The fraction of sp³-hybridized carbons (Fsp3) is 0.167. The Balaban J connectivity index is 2.20. The fourth-order valence-electron chi connectivity index (χ4n) is 2.32. The average molecular weight is 392 g/mol. The number of furan rings is 1. The summed E-state index contributed by atoms with van der Waals surface area (Å²) in [6, 6.07) is 8.89. The maximum atomic E-state index is 12.1. The Kier molecular flexibility index (Phi) is 5.15. The van der Waals surface area contributed by atoms with E-state index in [-0.39, 0.29) is 10.7 Å². The quantitative estimate of drug-likeness (QED) is 0.588. The van der Waals surface area contributed by atoms with Crippen LogP contribution in [0.1, 0.15) is 16.1 Å². The SMILES string of the molecule is COC(=O)c1nc(-c2ccc(C)c(Cl)c2)nc(N(C)c2ccco2)c1Cl. The molecule has 0 radical (unpaired) electrons. The summed E-state index contributed by atoms with van der Waals surface area (Å²) in [6.07, 6.45) is 1.53. The van der Waals surface area contributed by atoms with Gasteiger partial charge in [-0.25, -0.2) is 14.8 Å². The van der Waals surface area contributed by atoms with Gasteiger partial charge in [0.15, 0.2) is 17.3 Å². The zero-order valence-corrected chi connectivity index (χ0v) is 15.8. The third-order valence-corrected chi connectivity index (χ3v) is 4.55. The van der Waals surface area contributed by atoms with E-state index < -0.39 is 5.97 Å². The molecule has 8 heteroatoms. The fourth-order valence-corrected chi connectivity index (χ4v) is 2.78. The molecule has 0 aliphatic heterocycles. The largest absolute Gasteiger partial charge is 0.464 e. The second-order valence-corrected chi connectivity index (χ2v) is 6.28. The monoisotopic (exact) mass is 391 g/mol. The lowest BCUT2D eigenvalue weighted by atomic mass is 10.1. The van der Waals surface area contributed by atoms with E-state index in [0.29, 0.717) is 28.1 Å². The summed E-state index contributed by atoms with van der Waals surface area (Å²) in [5, 5.41) is 0.638. The molecule has 2 aromatic heterocycles. The maximum Gasteiger partial charge on any atom is 0.358 e. The Hall–Kier alpha value is -2.57. The summed E-state index contributed by atoms with van der Waals surface area (Å²) in [7, 11) is 2.99. The minimum absolute atomic E-state index is 0.0377. The van der Waals surface area contributed by atoms with Gasteiger partial charge in [-0.05, 0) is 24.6 Å². The maximum absolute atomic E-state index is 12.1. The second kappa shape index (κ2) is 7.35. The standard InChI is InChI=1S/C18H15Cl2N3O3/c1-10-6-7-11(9-12(10)19)16-21-15(18(24)25-3)14(20)17(22-16)23(2)13-5-4-8-26-13/h4-9H,1-3H3. The summed E-state index contributed by atoms with van der Waals surface area (Å²) in [6.45, 7) is 1.89. The lowest BCUT2D eigenvalue weighted by Crippen LogP contribution is -2.16. The van der Waals surface area contributed by atoms with Crippen LogP contribution in [0.4, 0.5) is 11.7 Å². The van der Waals surface area contributed by atoms with Gasteiger partial charge in [0.05, 0.1) is 13.4 Å². The van der Waals surface area contributed by atoms with Gasteiger partial charge in [0.1, 0.15) is 5.02 Å². The van der Waals surface area contributed by atoms with E-state index in [1.807, 2.05) is 19.1 Å². The number of benzene rings is 1. The first-order valence-corrected chi connectivity index (χ1v) is 8.37. The number of esters is 1. The molecule has 0 aliphatic carbocycles. The lowest BCUT2D eigenvalue weighted by molar-refractivity contribution is 0.0594. The summed E-state index contributed by atoms with van der Waals surface area (Å²) < 4.78 is 10.2. The van der Waals surface area contributed by atoms with E-state index in [4.69, 9.17) is 32.4 Å². The van der Waals surface area contributed by atoms with Crippen LogP contribution in [0.25, 0.3) is 11.4 Å². The number of nitrogens with zero attached hydrogens (tertiary/aromatic N) is 3. The van der Waals surface area contributed by atoms with E-state index in [1.165, 1.54) is 13.4 Å². The van der Waals surface area contributed by atoms with Crippen molar-refractivity contribution in [1.29, 1.82) is 0 Å². The molecule has 0 bridgehead atoms. The van der Waals surface area contributed by atoms with Crippen LogP contribution in [0.15, 0.2) is 41.0 Å². The number of anilines is 2.